The lowest BCUT2D eigenvalue weighted by molar-refractivity contribution is -0.118. The van der Waals surface area contributed by atoms with Crippen LogP contribution in [0, 0.1) is 6.92 Å². The second-order valence-electron chi connectivity index (χ2n) is 3.66. The van der Waals surface area contributed by atoms with Crippen LogP contribution in [0.1, 0.15) is 17.9 Å². The third-order valence-electron chi connectivity index (χ3n) is 2.80. The van der Waals surface area contributed by atoms with E-state index in [1.807, 2.05) is 18.2 Å². The number of carbonyl (C=O) groups excluding carboxylic acids is 1. The van der Waals surface area contributed by atoms with Crippen molar-refractivity contribution in [1.29, 1.82) is 0 Å². The SMILES string of the molecule is [CH2]CN(C=O)C1CC1c1ccccc1. The Morgan fingerprint density at radius 1 is 1.43 bits per heavy atom. The molecule has 0 spiro atoms. The van der Waals surface area contributed by atoms with Crippen LogP contribution in [0.25, 0.3) is 0 Å². The maximum Gasteiger partial charge on any atom is 0.209 e. The Hall–Kier alpha value is -1.31. The van der Waals surface area contributed by atoms with Gasteiger partial charge in [0.2, 0.25) is 6.41 Å². The molecule has 2 rings (SSSR count). The summed E-state index contributed by atoms with van der Waals surface area (Å²) < 4.78 is 0. The fraction of sp³-hybridized carbons (Fsp3) is 0.333. The standard InChI is InChI=1S/C12H14NO/c1-2-13(9-14)12-8-11(12)10-6-4-3-5-7-10/h3-7,9,11-12H,1-2,8H2. The molecule has 2 nitrogen and oxygen atoms in total. The predicted molar refractivity (Wildman–Crippen MR) is 55.7 cm³/mol. The number of carbonyl (C=O) groups is 1. The zero-order chi connectivity index (χ0) is 9.97. The Morgan fingerprint density at radius 3 is 2.71 bits per heavy atom. The van der Waals surface area contributed by atoms with Gasteiger partial charge >= 0.3 is 0 Å². The summed E-state index contributed by atoms with van der Waals surface area (Å²) >= 11 is 0. The fourth-order valence-corrected chi connectivity index (χ4v) is 1.90. The molecule has 0 aromatic heterocycles. The zero-order valence-electron chi connectivity index (χ0n) is 8.10. The molecular weight excluding hydrogens is 174 g/mol. The van der Waals surface area contributed by atoms with E-state index in [4.69, 9.17) is 0 Å². The highest BCUT2D eigenvalue weighted by molar-refractivity contribution is 5.50. The van der Waals surface area contributed by atoms with Gasteiger partial charge in [-0.05, 0) is 18.9 Å². The highest BCUT2D eigenvalue weighted by Gasteiger charge is 2.41. The molecule has 73 valence electrons. The number of nitrogens with zero attached hydrogens (tertiary/aromatic N) is 1. The van der Waals surface area contributed by atoms with Crippen LogP contribution in [-0.2, 0) is 4.79 Å². The molecule has 1 fully saturated rings. The molecule has 2 atom stereocenters. The Kier molecular flexibility index (Phi) is 2.53. The van der Waals surface area contributed by atoms with Gasteiger partial charge in [-0.3, -0.25) is 4.79 Å². The highest BCUT2D eigenvalue weighted by Crippen LogP contribution is 2.43. The summed E-state index contributed by atoms with van der Waals surface area (Å²) in [6.45, 7) is 4.31. The number of benzene rings is 1. The van der Waals surface area contributed by atoms with Crippen LogP contribution >= 0.6 is 0 Å². The molecule has 0 heterocycles. The van der Waals surface area contributed by atoms with Gasteiger partial charge in [0.25, 0.3) is 0 Å². The minimum Gasteiger partial charge on any atom is -0.342 e. The Balaban J connectivity index is 2.02. The second-order valence-corrected chi connectivity index (χ2v) is 3.66. The molecule has 1 radical (unpaired) electrons. The van der Waals surface area contributed by atoms with Crippen molar-refractivity contribution in [2.24, 2.45) is 0 Å². The molecule has 1 amide bonds. The zero-order valence-corrected chi connectivity index (χ0v) is 8.10. The van der Waals surface area contributed by atoms with Gasteiger partial charge in [0, 0.05) is 18.5 Å². The van der Waals surface area contributed by atoms with Crippen molar-refractivity contribution in [2.75, 3.05) is 6.54 Å². The van der Waals surface area contributed by atoms with Crippen LogP contribution < -0.4 is 0 Å². The molecule has 0 bridgehead atoms. The van der Waals surface area contributed by atoms with E-state index in [1.54, 1.807) is 4.90 Å². The van der Waals surface area contributed by atoms with Gasteiger partial charge in [0.15, 0.2) is 0 Å². The lowest BCUT2D eigenvalue weighted by atomic mass is 10.1. The van der Waals surface area contributed by atoms with Gasteiger partial charge in [0.05, 0.1) is 0 Å². The highest BCUT2D eigenvalue weighted by atomic mass is 16.1. The molecule has 1 saturated carbocycles. The first-order chi connectivity index (χ1) is 6.86. The lowest BCUT2D eigenvalue weighted by Crippen LogP contribution is -2.24. The second kappa shape index (κ2) is 3.82. The van der Waals surface area contributed by atoms with Gasteiger partial charge in [0.1, 0.15) is 0 Å². The van der Waals surface area contributed by atoms with Gasteiger partial charge < -0.3 is 4.90 Å². The minimum atomic E-state index is 0.382. The van der Waals surface area contributed by atoms with E-state index in [0.29, 0.717) is 18.5 Å². The van der Waals surface area contributed by atoms with E-state index < -0.39 is 0 Å². The van der Waals surface area contributed by atoms with E-state index in [1.165, 1.54) is 5.56 Å². The van der Waals surface area contributed by atoms with Crippen molar-refractivity contribution in [1.82, 2.24) is 4.90 Å². The van der Waals surface area contributed by atoms with Crippen LogP contribution in [-0.4, -0.2) is 23.9 Å². The topological polar surface area (TPSA) is 20.3 Å². The smallest absolute Gasteiger partial charge is 0.209 e. The fourth-order valence-electron chi connectivity index (χ4n) is 1.90. The number of rotatable bonds is 4. The molecule has 1 aliphatic carbocycles. The van der Waals surface area contributed by atoms with Crippen molar-refractivity contribution in [3.8, 4) is 0 Å². The van der Waals surface area contributed by atoms with E-state index in [2.05, 4.69) is 19.1 Å². The molecule has 1 aliphatic rings. The normalized spacial score (nSPS) is 24.4. The summed E-state index contributed by atoms with van der Waals surface area (Å²) in [5, 5.41) is 0. The number of hydrogen-bond acceptors (Lipinski definition) is 1. The largest absolute Gasteiger partial charge is 0.342 e. The summed E-state index contributed by atoms with van der Waals surface area (Å²) in [6, 6.07) is 10.7. The average molecular weight is 188 g/mol. The van der Waals surface area contributed by atoms with E-state index in [0.717, 1.165) is 12.8 Å². The molecule has 14 heavy (non-hydrogen) atoms. The van der Waals surface area contributed by atoms with Gasteiger partial charge in [-0.1, -0.05) is 30.3 Å². The molecule has 0 saturated heterocycles. The predicted octanol–water partition coefficient (Wildman–Crippen LogP) is 1.83. The van der Waals surface area contributed by atoms with Crippen LogP contribution in [0.2, 0.25) is 0 Å². The number of hydrogen-bond donors (Lipinski definition) is 0. The monoisotopic (exact) mass is 188 g/mol. The summed E-state index contributed by atoms with van der Waals surface area (Å²) in [4.78, 5) is 12.5. The van der Waals surface area contributed by atoms with E-state index >= 15 is 0 Å². The Morgan fingerprint density at radius 2 is 2.14 bits per heavy atom. The van der Waals surface area contributed by atoms with Gasteiger partial charge in [-0.2, -0.15) is 0 Å². The van der Waals surface area contributed by atoms with E-state index in [9.17, 15) is 4.79 Å². The van der Waals surface area contributed by atoms with E-state index in [-0.39, 0.29) is 0 Å². The Bertz CT molecular complexity index is 309. The summed E-state index contributed by atoms with van der Waals surface area (Å²) in [7, 11) is 0. The lowest BCUT2D eigenvalue weighted by Gasteiger charge is -2.14. The number of amides is 1. The van der Waals surface area contributed by atoms with Gasteiger partial charge in [-0.25, -0.2) is 0 Å². The molecule has 2 unspecified atom stereocenters. The van der Waals surface area contributed by atoms with Crippen molar-refractivity contribution < 1.29 is 4.79 Å². The third kappa shape index (κ3) is 1.65. The van der Waals surface area contributed by atoms with Gasteiger partial charge in [-0.15, -0.1) is 0 Å². The summed E-state index contributed by atoms with van der Waals surface area (Å²) in [5.41, 5.74) is 1.33. The molecular formula is C12H14NO. The van der Waals surface area contributed by atoms with Crippen LogP contribution in [0.3, 0.4) is 0 Å². The van der Waals surface area contributed by atoms with Crippen molar-refractivity contribution >= 4 is 6.41 Å². The summed E-state index contributed by atoms with van der Waals surface area (Å²) in [6.07, 6.45) is 1.99. The molecule has 1 aromatic carbocycles. The first kappa shape index (κ1) is 9.25. The molecule has 1 aromatic rings. The van der Waals surface area contributed by atoms with Crippen LogP contribution in [0.5, 0.6) is 0 Å². The molecule has 0 N–H and O–H groups in total. The van der Waals surface area contributed by atoms with Crippen LogP contribution in [0.15, 0.2) is 30.3 Å². The molecule has 2 heteroatoms. The minimum absolute atomic E-state index is 0.382. The average Bonchev–Trinajstić information content (AvgIpc) is 3.01. The quantitative estimate of drug-likeness (QED) is 0.660. The maximum absolute atomic E-state index is 10.7. The first-order valence-electron chi connectivity index (χ1n) is 4.92. The first-order valence-corrected chi connectivity index (χ1v) is 4.92. The maximum atomic E-state index is 10.7. The van der Waals surface area contributed by atoms with Crippen molar-refractivity contribution in [3.05, 3.63) is 42.8 Å². The van der Waals surface area contributed by atoms with Crippen LogP contribution in [0.4, 0.5) is 0 Å². The van der Waals surface area contributed by atoms with Crippen molar-refractivity contribution in [3.63, 3.8) is 0 Å². The summed E-state index contributed by atoms with van der Waals surface area (Å²) in [5.74, 6) is 0.531. The third-order valence-corrected chi connectivity index (χ3v) is 2.80. The van der Waals surface area contributed by atoms with Crippen molar-refractivity contribution in [2.45, 2.75) is 18.4 Å². The Labute approximate surface area is 84.5 Å². The molecule has 0 aliphatic heterocycles.